The first kappa shape index (κ1) is 19.1. The highest BCUT2D eigenvalue weighted by Gasteiger charge is 2.17. The standard InChI is InChI=1S/C19H22N4O3S/c1-26-12-9-20-18(24)15-27(25)14-16-13-21-23(17-7-3-2-4-8-17)19(16)22-10-5-6-11-22/h2-8,10-11,13H,9,12,14-15H2,1H3,(H,20,24)/t27-/m1/s1. The Morgan fingerprint density at radius 3 is 2.63 bits per heavy atom. The molecule has 0 bridgehead atoms. The topological polar surface area (TPSA) is 78.2 Å². The molecule has 0 aliphatic carbocycles. The largest absolute Gasteiger partial charge is 0.383 e. The highest BCUT2D eigenvalue weighted by molar-refractivity contribution is 7.84. The Balaban J connectivity index is 1.79. The zero-order valence-electron chi connectivity index (χ0n) is 15.1. The van der Waals surface area contributed by atoms with Crippen LogP contribution in [0.4, 0.5) is 0 Å². The second-order valence-corrected chi connectivity index (χ2v) is 7.36. The Morgan fingerprint density at radius 2 is 1.93 bits per heavy atom. The van der Waals surface area contributed by atoms with Crippen molar-refractivity contribution in [2.75, 3.05) is 26.0 Å². The Kier molecular flexibility index (Phi) is 6.56. The Morgan fingerprint density at radius 1 is 1.19 bits per heavy atom. The van der Waals surface area contributed by atoms with Crippen LogP contribution in [0.2, 0.25) is 0 Å². The van der Waals surface area contributed by atoms with E-state index in [0.29, 0.717) is 13.2 Å². The van der Waals surface area contributed by atoms with Crippen LogP contribution in [0.5, 0.6) is 0 Å². The minimum absolute atomic E-state index is 0.0502. The average molecular weight is 386 g/mol. The van der Waals surface area contributed by atoms with Gasteiger partial charge in [-0.25, -0.2) is 4.68 Å². The zero-order valence-corrected chi connectivity index (χ0v) is 15.9. The van der Waals surface area contributed by atoms with Crippen molar-refractivity contribution in [3.63, 3.8) is 0 Å². The number of rotatable bonds is 9. The van der Waals surface area contributed by atoms with Gasteiger partial charge in [-0.1, -0.05) is 18.2 Å². The molecule has 0 saturated heterocycles. The Hall–Kier alpha value is -2.71. The van der Waals surface area contributed by atoms with Gasteiger partial charge in [-0.3, -0.25) is 9.00 Å². The predicted octanol–water partition coefficient (Wildman–Crippen LogP) is 1.67. The fourth-order valence-corrected chi connectivity index (χ4v) is 3.75. The molecule has 0 unspecified atom stereocenters. The molecule has 8 heteroatoms. The van der Waals surface area contributed by atoms with Gasteiger partial charge in [0.15, 0.2) is 0 Å². The van der Waals surface area contributed by atoms with Crippen molar-refractivity contribution in [3.05, 3.63) is 66.6 Å². The summed E-state index contributed by atoms with van der Waals surface area (Å²) in [7, 11) is 0.226. The number of nitrogens with one attached hydrogen (secondary N) is 1. The monoisotopic (exact) mass is 386 g/mol. The van der Waals surface area contributed by atoms with Crippen LogP contribution in [0, 0.1) is 0 Å². The highest BCUT2D eigenvalue weighted by atomic mass is 32.2. The van der Waals surface area contributed by atoms with Crippen LogP contribution in [0.3, 0.4) is 0 Å². The summed E-state index contributed by atoms with van der Waals surface area (Å²) in [5.74, 6) is 0.770. The van der Waals surface area contributed by atoms with Crippen LogP contribution in [0.1, 0.15) is 5.56 Å². The summed E-state index contributed by atoms with van der Waals surface area (Å²) in [4.78, 5) is 11.9. The minimum atomic E-state index is -1.34. The van der Waals surface area contributed by atoms with Crippen molar-refractivity contribution in [2.45, 2.75) is 5.75 Å². The number of aromatic nitrogens is 3. The molecule has 0 radical (unpaired) electrons. The quantitative estimate of drug-likeness (QED) is 0.568. The predicted molar refractivity (Wildman–Crippen MR) is 104 cm³/mol. The smallest absolute Gasteiger partial charge is 0.232 e. The molecule has 0 fully saturated rings. The van der Waals surface area contributed by atoms with Crippen molar-refractivity contribution in [1.29, 1.82) is 0 Å². The van der Waals surface area contributed by atoms with Gasteiger partial charge < -0.3 is 14.6 Å². The molecular formula is C19H22N4O3S. The summed E-state index contributed by atoms with van der Waals surface area (Å²) in [5, 5.41) is 7.17. The summed E-state index contributed by atoms with van der Waals surface area (Å²) < 4.78 is 21.1. The van der Waals surface area contributed by atoms with Crippen molar-refractivity contribution in [2.24, 2.45) is 0 Å². The minimum Gasteiger partial charge on any atom is -0.383 e. The fourth-order valence-electron chi connectivity index (χ4n) is 2.70. The summed E-state index contributed by atoms with van der Waals surface area (Å²) in [5.41, 5.74) is 1.73. The van der Waals surface area contributed by atoms with Crippen molar-refractivity contribution >= 4 is 16.7 Å². The van der Waals surface area contributed by atoms with Gasteiger partial charge in [0.2, 0.25) is 5.91 Å². The normalized spacial score (nSPS) is 12.0. The number of carbonyl (C=O) groups excluding carboxylic acids is 1. The molecule has 0 aliphatic rings. The van der Waals surface area contributed by atoms with Gasteiger partial charge in [0.25, 0.3) is 0 Å². The lowest BCUT2D eigenvalue weighted by molar-refractivity contribution is -0.118. The van der Waals surface area contributed by atoms with Crippen molar-refractivity contribution in [3.8, 4) is 11.5 Å². The van der Waals surface area contributed by atoms with Gasteiger partial charge in [0.1, 0.15) is 11.6 Å². The van der Waals surface area contributed by atoms with E-state index in [1.165, 1.54) is 0 Å². The fraction of sp³-hybridized carbons (Fsp3) is 0.263. The van der Waals surface area contributed by atoms with Crippen molar-refractivity contribution in [1.82, 2.24) is 19.7 Å². The SMILES string of the molecule is COCCNC(=O)C[S@](=O)Cc1cnn(-c2ccccc2)c1-n1cccc1. The number of nitrogens with zero attached hydrogens (tertiary/aromatic N) is 3. The van der Waals surface area contributed by atoms with Gasteiger partial charge in [0, 0.05) is 42.4 Å². The number of hydrogen-bond acceptors (Lipinski definition) is 4. The molecule has 0 spiro atoms. The number of benzene rings is 1. The molecule has 3 aromatic rings. The molecular weight excluding hydrogens is 364 g/mol. The van der Waals surface area contributed by atoms with Gasteiger partial charge >= 0.3 is 0 Å². The van der Waals surface area contributed by atoms with Crippen LogP contribution in [0.25, 0.3) is 11.5 Å². The lowest BCUT2D eigenvalue weighted by Crippen LogP contribution is -2.31. The Labute approximate surface area is 160 Å². The third-order valence-electron chi connectivity index (χ3n) is 3.90. The first-order chi connectivity index (χ1) is 13.2. The second-order valence-electron chi connectivity index (χ2n) is 5.90. The van der Waals surface area contributed by atoms with E-state index in [1.54, 1.807) is 13.3 Å². The van der Waals surface area contributed by atoms with Gasteiger partial charge in [-0.15, -0.1) is 0 Å². The number of amides is 1. The molecule has 1 aromatic carbocycles. The van der Waals surface area contributed by atoms with E-state index in [1.807, 2.05) is 64.1 Å². The van der Waals surface area contributed by atoms with Gasteiger partial charge in [0.05, 0.1) is 24.2 Å². The lowest BCUT2D eigenvalue weighted by Gasteiger charge is -2.11. The third kappa shape index (κ3) is 4.93. The average Bonchev–Trinajstić information content (AvgIpc) is 3.32. The van der Waals surface area contributed by atoms with Crippen LogP contribution in [0.15, 0.2) is 61.1 Å². The van der Waals surface area contributed by atoms with Gasteiger partial charge in [-0.2, -0.15) is 5.10 Å². The zero-order chi connectivity index (χ0) is 19.1. The maximum atomic E-state index is 12.5. The van der Waals surface area contributed by atoms with Crippen LogP contribution < -0.4 is 5.32 Å². The van der Waals surface area contributed by atoms with E-state index >= 15 is 0 Å². The van der Waals surface area contributed by atoms with Gasteiger partial charge in [-0.05, 0) is 24.3 Å². The van der Waals surface area contributed by atoms with Crippen LogP contribution in [-0.4, -0.2) is 50.5 Å². The molecule has 2 aromatic heterocycles. The van der Waals surface area contributed by atoms with Crippen LogP contribution >= 0.6 is 0 Å². The summed E-state index contributed by atoms with van der Waals surface area (Å²) in [6.07, 6.45) is 5.55. The van der Waals surface area contributed by atoms with E-state index in [0.717, 1.165) is 17.1 Å². The molecule has 7 nitrogen and oxygen atoms in total. The Bertz CT molecular complexity index is 891. The molecule has 27 heavy (non-hydrogen) atoms. The molecule has 2 heterocycles. The van der Waals surface area contributed by atoms with E-state index in [9.17, 15) is 9.00 Å². The first-order valence-corrected chi connectivity index (χ1v) is 10.0. The van der Waals surface area contributed by atoms with Crippen LogP contribution in [-0.2, 0) is 26.1 Å². The number of para-hydroxylation sites is 1. The van der Waals surface area contributed by atoms with E-state index in [-0.39, 0.29) is 17.4 Å². The maximum Gasteiger partial charge on any atom is 0.232 e. The van der Waals surface area contributed by atoms with E-state index < -0.39 is 10.8 Å². The summed E-state index contributed by atoms with van der Waals surface area (Å²) >= 11 is 0. The molecule has 1 atom stereocenters. The summed E-state index contributed by atoms with van der Waals surface area (Å²) in [6, 6.07) is 13.6. The molecule has 142 valence electrons. The number of methoxy groups -OCH3 is 1. The lowest BCUT2D eigenvalue weighted by atomic mass is 10.3. The maximum absolute atomic E-state index is 12.5. The number of ether oxygens (including phenoxy) is 1. The van der Waals surface area contributed by atoms with Crippen molar-refractivity contribution < 1.29 is 13.7 Å². The molecule has 3 rings (SSSR count). The number of hydrogen-bond donors (Lipinski definition) is 1. The second kappa shape index (κ2) is 9.29. The first-order valence-electron chi connectivity index (χ1n) is 8.55. The number of carbonyl (C=O) groups is 1. The molecule has 1 amide bonds. The third-order valence-corrected chi connectivity index (χ3v) is 5.12. The molecule has 0 aliphatic heterocycles. The highest BCUT2D eigenvalue weighted by Crippen LogP contribution is 2.21. The van der Waals surface area contributed by atoms with E-state index in [4.69, 9.17) is 4.74 Å². The van der Waals surface area contributed by atoms with E-state index in [2.05, 4.69) is 10.4 Å². The summed E-state index contributed by atoms with van der Waals surface area (Å²) in [6.45, 7) is 0.840. The molecule has 0 saturated carbocycles. The molecule has 1 N–H and O–H groups in total.